The molecule has 0 bridgehead atoms. The summed E-state index contributed by atoms with van der Waals surface area (Å²) in [5.41, 5.74) is 0.172. The van der Waals surface area contributed by atoms with Crippen LogP contribution in [0.4, 0.5) is 0 Å². The molecular weight excluding hydrogens is 342 g/mol. The van der Waals surface area contributed by atoms with Gasteiger partial charge in [-0.1, -0.05) is 13.8 Å². The SMILES string of the molecule is CCN(CC)CCCCOc1ccc2c(c1)oc(=O)c1cc(OC)ccc12. The van der Waals surface area contributed by atoms with E-state index in [0.29, 0.717) is 23.3 Å². The number of unbranched alkanes of at least 4 members (excludes halogenated alkanes) is 1. The molecule has 0 radical (unpaired) electrons. The molecule has 0 fully saturated rings. The molecule has 1 heterocycles. The molecule has 0 spiro atoms. The van der Waals surface area contributed by atoms with Crippen molar-refractivity contribution in [2.24, 2.45) is 0 Å². The van der Waals surface area contributed by atoms with Crippen molar-refractivity contribution in [1.82, 2.24) is 4.90 Å². The molecule has 5 nitrogen and oxygen atoms in total. The first-order valence-corrected chi connectivity index (χ1v) is 9.56. The van der Waals surface area contributed by atoms with Gasteiger partial charge in [-0.2, -0.15) is 0 Å². The number of hydrogen-bond donors (Lipinski definition) is 0. The predicted octanol–water partition coefficient (Wildman–Crippen LogP) is 4.46. The predicted molar refractivity (Wildman–Crippen MR) is 109 cm³/mol. The average Bonchev–Trinajstić information content (AvgIpc) is 2.70. The lowest BCUT2D eigenvalue weighted by Gasteiger charge is -2.17. The highest BCUT2D eigenvalue weighted by molar-refractivity contribution is 6.04. The lowest BCUT2D eigenvalue weighted by molar-refractivity contribution is 0.266. The zero-order valence-corrected chi connectivity index (χ0v) is 16.3. The van der Waals surface area contributed by atoms with E-state index in [1.165, 1.54) is 0 Å². The summed E-state index contributed by atoms with van der Waals surface area (Å²) in [6.45, 7) is 8.28. The van der Waals surface area contributed by atoms with E-state index in [1.807, 2.05) is 24.3 Å². The second kappa shape index (κ2) is 8.91. The molecule has 3 rings (SSSR count). The largest absolute Gasteiger partial charge is 0.497 e. The Labute approximate surface area is 159 Å². The molecule has 0 saturated carbocycles. The first-order chi connectivity index (χ1) is 13.2. The molecule has 5 heteroatoms. The van der Waals surface area contributed by atoms with Crippen molar-refractivity contribution in [3.63, 3.8) is 0 Å². The van der Waals surface area contributed by atoms with E-state index >= 15 is 0 Å². The maximum absolute atomic E-state index is 12.3. The molecule has 0 atom stereocenters. The van der Waals surface area contributed by atoms with E-state index < -0.39 is 0 Å². The van der Waals surface area contributed by atoms with Crippen molar-refractivity contribution >= 4 is 21.7 Å². The molecule has 27 heavy (non-hydrogen) atoms. The van der Waals surface area contributed by atoms with Gasteiger partial charge >= 0.3 is 5.63 Å². The van der Waals surface area contributed by atoms with Gasteiger partial charge in [0, 0.05) is 16.8 Å². The molecule has 0 aliphatic heterocycles. The molecule has 0 aliphatic carbocycles. The standard InChI is InChI=1S/C22H27NO4/c1-4-23(5-2)12-6-7-13-26-17-9-11-19-18-10-8-16(25-3)14-20(18)22(24)27-21(19)15-17/h8-11,14-15H,4-7,12-13H2,1-3H3. The zero-order chi connectivity index (χ0) is 19.2. The van der Waals surface area contributed by atoms with Crippen LogP contribution in [0.25, 0.3) is 21.7 Å². The second-order valence-electron chi connectivity index (χ2n) is 6.54. The van der Waals surface area contributed by atoms with Crippen LogP contribution in [0.3, 0.4) is 0 Å². The topological polar surface area (TPSA) is 51.9 Å². The van der Waals surface area contributed by atoms with E-state index in [0.717, 1.165) is 49.0 Å². The summed E-state index contributed by atoms with van der Waals surface area (Å²) in [7, 11) is 1.58. The van der Waals surface area contributed by atoms with Crippen LogP contribution in [-0.2, 0) is 0 Å². The lowest BCUT2D eigenvalue weighted by atomic mass is 10.1. The van der Waals surface area contributed by atoms with Gasteiger partial charge in [0.25, 0.3) is 0 Å². The highest BCUT2D eigenvalue weighted by Gasteiger charge is 2.09. The minimum absolute atomic E-state index is 0.368. The highest BCUT2D eigenvalue weighted by Crippen LogP contribution is 2.28. The van der Waals surface area contributed by atoms with Crippen LogP contribution >= 0.6 is 0 Å². The molecule has 0 unspecified atom stereocenters. The van der Waals surface area contributed by atoms with Crippen molar-refractivity contribution in [2.75, 3.05) is 33.4 Å². The summed E-state index contributed by atoms with van der Waals surface area (Å²) in [6.07, 6.45) is 2.10. The van der Waals surface area contributed by atoms with Gasteiger partial charge in [0.05, 0.1) is 19.1 Å². The van der Waals surface area contributed by atoms with Gasteiger partial charge in [0.15, 0.2) is 0 Å². The third-order valence-corrected chi connectivity index (χ3v) is 4.92. The third-order valence-electron chi connectivity index (χ3n) is 4.92. The Kier molecular flexibility index (Phi) is 6.35. The van der Waals surface area contributed by atoms with Crippen molar-refractivity contribution in [3.8, 4) is 11.5 Å². The lowest BCUT2D eigenvalue weighted by Crippen LogP contribution is -2.24. The quantitative estimate of drug-likeness (QED) is 0.317. The Morgan fingerprint density at radius 2 is 1.67 bits per heavy atom. The van der Waals surface area contributed by atoms with Gasteiger partial charge < -0.3 is 18.8 Å². The van der Waals surface area contributed by atoms with Gasteiger partial charge in [-0.05, 0) is 62.8 Å². The number of ether oxygens (including phenoxy) is 2. The number of hydrogen-bond acceptors (Lipinski definition) is 5. The van der Waals surface area contributed by atoms with Crippen molar-refractivity contribution in [3.05, 3.63) is 46.8 Å². The monoisotopic (exact) mass is 369 g/mol. The van der Waals surface area contributed by atoms with Gasteiger partial charge in [0.1, 0.15) is 17.1 Å². The smallest absolute Gasteiger partial charge is 0.344 e. The van der Waals surface area contributed by atoms with Gasteiger partial charge in [-0.15, -0.1) is 0 Å². The Hall–Kier alpha value is -2.53. The number of nitrogens with zero attached hydrogens (tertiary/aromatic N) is 1. The molecule has 3 aromatic rings. The fraction of sp³-hybridized carbons (Fsp3) is 0.409. The summed E-state index contributed by atoms with van der Waals surface area (Å²) in [5.74, 6) is 1.36. The first-order valence-electron chi connectivity index (χ1n) is 9.56. The molecule has 0 amide bonds. The Morgan fingerprint density at radius 3 is 2.41 bits per heavy atom. The van der Waals surface area contributed by atoms with Gasteiger partial charge in [0.2, 0.25) is 0 Å². The van der Waals surface area contributed by atoms with Gasteiger partial charge in [-0.3, -0.25) is 0 Å². The van der Waals surface area contributed by atoms with Gasteiger partial charge in [-0.25, -0.2) is 4.79 Å². The van der Waals surface area contributed by atoms with Crippen LogP contribution in [0.15, 0.2) is 45.6 Å². The normalized spacial score (nSPS) is 11.4. The van der Waals surface area contributed by atoms with Crippen LogP contribution in [0.1, 0.15) is 26.7 Å². The number of fused-ring (bicyclic) bond motifs is 3. The third kappa shape index (κ3) is 4.42. The number of rotatable bonds is 9. The van der Waals surface area contributed by atoms with E-state index in [1.54, 1.807) is 19.2 Å². The fourth-order valence-electron chi connectivity index (χ4n) is 3.28. The van der Waals surface area contributed by atoms with E-state index in [2.05, 4.69) is 18.7 Å². The van der Waals surface area contributed by atoms with Crippen molar-refractivity contribution in [2.45, 2.75) is 26.7 Å². The minimum Gasteiger partial charge on any atom is -0.497 e. The number of benzene rings is 2. The average molecular weight is 369 g/mol. The Bertz CT molecular complexity index is 960. The Balaban J connectivity index is 1.72. The van der Waals surface area contributed by atoms with Crippen LogP contribution in [0, 0.1) is 0 Å². The molecule has 0 N–H and O–H groups in total. The van der Waals surface area contributed by atoms with E-state index in [4.69, 9.17) is 13.9 Å². The summed E-state index contributed by atoms with van der Waals surface area (Å²) in [5, 5.41) is 2.26. The summed E-state index contributed by atoms with van der Waals surface area (Å²) >= 11 is 0. The minimum atomic E-state index is -0.368. The van der Waals surface area contributed by atoms with Crippen LogP contribution in [0.2, 0.25) is 0 Å². The maximum Gasteiger partial charge on any atom is 0.344 e. The molecular formula is C22H27NO4. The number of methoxy groups -OCH3 is 1. The summed E-state index contributed by atoms with van der Waals surface area (Å²) in [4.78, 5) is 14.7. The first kappa shape index (κ1) is 19.2. The summed E-state index contributed by atoms with van der Waals surface area (Å²) in [6, 6.07) is 11.1. The second-order valence-corrected chi connectivity index (χ2v) is 6.54. The molecule has 0 saturated heterocycles. The van der Waals surface area contributed by atoms with E-state index in [-0.39, 0.29) is 5.63 Å². The maximum atomic E-state index is 12.3. The van der Waals surface area contributed by atoms with E-state index in [9.17, 15) is 4.79 Å². The summed E-state index contributed by atoms with van der Waals surface area (Å²) < 4.78 is 16.6. The molecule has 144 valence electrons. The van der Waals surface area contributed by atoms with Crippen LogP contribution in [0.5, 0.6) is 11.5 Å². The molecule has 1 aromatic heterocycles. The van der Waals surface area contributed by atoms with Crippen LogP contribution in [-0.4, -0.2) is 38.3 Å². The Morgan fingerprint density at radius 1 is 0.926 bits per heavy atom. The fourth-order valence-corrected chi connectivity index (χ4v) is 3.28. The van der Waals surface area contributed by atoms with Crippen molar-refractivity contribution in [1.29, 1.82) is 0 Å². The highest BCUT2D eigenvalue weighted by atomic mass is 16.5. The van der Waals surface area contributed by atoms with Crippen molar-refractivity contribution < 1.29 is 13.9 Å². The molecule has 2 aromatic carbocycles. The molecule has 0 aliphatic rings. The van der Waals surface area contributed by atoms with Crippen LogP contribution < -0.4 is 15.1 Å². The zero-order valence-electron chi connectivity index (χ0n) is 16.3.